The summed E-state index contributed by atoms with van der Waals surface area (Å²) >= 11 is 0. The molecule has 0 radical (unpaired) electrons. The predicted octanol–water partition coefficient (Wildman–Crippen LogP) is 6.84. The Balaban J connectivity index is 1.46. The number of rotatable bonds is 8. The molecule has 0 atom stereocenters. The first-order valence-corrected chi connectivity index (χ1v) is 14.8. The van der Waals surface area contributed by atoms with Crippen LogP contribution in [0.3, 0.4) is 0 Å². The molecule has 4 rings (SSSR count). The van der Waals surface area contributed by atoms with E-state index in [0.29, 0.717) is 32.0 Å². The molecule has 2 aliphatic rings. The second-order valence-electron chi connectivity index (χ2n) is 13.7. The lowest BCUT2D eigenvalue weighted by molar-refractivity contribution is -0.147. The average molecular weight is 560 g/mol. The van der Waals surface area contributed by atoms with Crippen molar-refractivity contribution in [2.24, 2.45) is 0 Å². The molecule has 40 heavy (non-hydrogen) atoms. The maximum absolute atomic E-state index is 12.8. The van der Waals surface area contributed by atoms with Crippen LogP contribution in [0.25, 0.3) is 0 Å². The fourth-order valence-corrected chi connectivity index (χ4v) is 5.94. The quantitative estimate of drug-likeness (QED) is 0.371. The zero-order valence-corrected chi connectivity index (χ0v) is 25.2. The zero-order chi connectivity index (χ0) is 29.1. The molecule has 3 heterocycles. The minimum Gasteiger partial charge on any atom is -0.382 e. The summed E-state index contributed by atoms with van der Waals surface area (Å²) in [6.07, 6.45) is 2.32. The molecular formula is C32H48F3N5. The van der Waals surface area contributed by atoms with Crippen molar-refractivity contribution >= 4 is 11.5 Å². The molecule has 0 spiro atoms. The lowest BCUT2D eigenvalue weighted by Gasteiger charge is -2.34. The number of pyridine rings is 1. The largest absolute Gasteiger partial charge is 0.401 e. The van der Waals surface area contributed by atoms with E-state index < -0.39 is 12.7 Å². The van der Waals surface area contributed by atoms with Gasteiger partial charge in [0, 0.05) is 37.1 Å². The Morgan fingerprint density at radius 1 is 0.825 bits per heavy atom. The highest BCUT2D eigenvalue weighted by Crippen LogP contribution is 2.34. The molecule has 2 fully saturated rings. The first kappa shape index (κ1) is 30.6. The first-order chi connectivity index (χ1) is 18.7. The van der Waals surface area contributed by atoms with Crippen molar-refractivity contribution in [2.75, 3.05) is 50.4 Å². The Morgan fingerprint density at radius 3 is 2.08 bits per heavy atom. The number of likely N-dealkylation sites (tertiary alicyclic amines) is 2. The molecule has 8 heteroatoms. The van der Waals surface area contributed by atoms with Crippen molar-refractivity contribution < 1.29 is 13.2 Å². The fourth-order valence-electron chi connectivity index (χ4n) is 5.94. The van der Waals surface area contributed by atoms with Crippen LogP contribution in [0, 0.1) is 0 Å². The number of nitrogens with one attached hydrogen (secondary N) is 2. The average Bonchev–Trinajstić information content (AvgIpc) is 2.85. The highest BCUT2D eigenvalue weighted by Gasteiger charge is 2.32. The highest BCUT2D eigenvalue weighted by molar-refractivity contribution is 5.52. The number of anilines is 2. The number of benzene rings is 1. The van der Waals surface area contributed by atoms with Crippen LogP contribution in [0.2, 0.25) is 0 Å². The van der Waals surface area contributed by atoms with Gasteiger partial charge in [0.25, 0.3) is 0 Å². The molecule has 2 aromatic rings. The lowest BCUT2D eigenvalue weighted by atomic mass is 9.78. The number of piperidine rings is 2. The van der Waals surface area contributed by atoms with E-state index in [9.17, 15) is 13.2 Å². The zero-order valence-electron chi connectivity index (χ0n) is 25.2. The van der Waals surface area contributed by atoms with Crippen molar-refractivity contribution in [3.05, 3.63) is 53.2 Å². The Labute approximate surface area is 238 Å². The summed E-state index contributed by atoms with van der Waals surface area (Å²) in [6.45, 7) is 13.6. The van der Waals surface area contributed by atoms with E-state index in [2.05, 4.69) is 92.5 Å². The molecule has 0 saturated carbocycles. The summed E-state index contributed by atoms with van der Waals surface area (Å²) in [7, 11) is 2.18. The second-order valence-corrected chi connectivity index (χ2v) is 13.7. The number of halogens is 3. The summed E-state index contributed by atoms with van der Waals surface area (Å²) in [5.41, 5.74) is 4.71. The standard InChI is InChI=1S/C32H48F3N5/c1-30(2,3)25-17-23(18-28(19-25)37-26-10-15-40(16-11-26)22-32(33,34)35)21-31(4,5)24-7-12-36-29(20-24)38-27-8-13-39(6)14-9-27/h7,12,17-20,26-27,37H,8-11,13-16,21-22H2,1-6H3,(H,36,38). The van der Waals surface area contributed by atoms with Gasteiger partial charge in [-0.15, -0.1) is 0 Å². The minimum atomic E-state index is -4.14. The summed E-state index contributed by atoms with van der Waals surface area (Å²) in [4.78, 5) is 8.51. The van der Waals surface area contributed by atoms with Crippen molar-refractivity contribution in [1.29, 1.82) is 0 Å². The molecule has 1 aromatic heterocycles. The SMILES string of the molecule is CN1CCC(Nc2cc(C(C)(C)Cc3cc(NC4CCN(CC(F)(F)F)CC4)cc(C(C)(C)C)c3)ccn2)CC1. The Hall–Kier alpha value is -2.32. The third-order valence-corrected chi connectivity index (χ3v) is 8.48. The molecule has 5 nitrogen and oxygen atoms in total. The molecule has 2 saturated heterocycles. The maximum Gasteiger partial charge on any atom is 0.401 e. The van der Waals surface area contributed by atoms with Crippen LogP contribution in [-0.2, 0) is 17.3 Å². The van der Waals surface area contributed by atoms with Crippen LogP contribution in [0.5, 0.6) is 0 Å². The molecule has 0 bridgehead atoms. The Bertz CT molecular complexity index is 1110. The van der Waals surface area contributed by atoms with Gasteiger partial charge < -0.3 is 15.5 Å². The Morgan fingerprint density at radius 2 is 1.45 bits per heavy atom. The summed E-state index contributed by atoms with van der Waals surface area (Å²) < 4.78 is 38.5. The van der Waals surface area contributed by atoms with Gasteiger partial charge in [-0.05, 0) is 104 Å². The van der Waals surface area contributed by atoms with Crippen molar-refractivity contribution in [2.45, 2.75) is 95.8 Å². The fraction of sp³-hybridized carbons (Fsp3) is 0.656. The molecule has 2 N–H and O–H groups in total. The molecule has 0 unspecified atom stereocenters. The summed E-state index contributed by atoms with van der Waals surface area (Å²) in [6, 6.07) is 11.7. The normalized spacial score (nSPS) is 19.1. The molecule has 0 amide bonds. The summed E-state index contributed by atoms with van der Waals surface area (Å²) in [5.74, 6) is 0.947. The van der Waals surface area contributed by atoms with E-state index in [0.717, 1.165) is 43.9 Å². The van der Waals surface area contributed by atoms with E-state index in [-0.39, 0.29) is 16.9 Å². The highest BCUT2D eigenvalue weighted by atomic mass is 19.4. The minimum absolute atomic E-state index is 0.0194. The van der Waals surface area contributed by atoms with Gasteiger partial charge in [-0.3, -0.25) is 4.90 Å². The van der Waals surface area contributed by atoms with Crippen LogP contribution in [0.1, 0.15) is 77.0 Å². The van der Waals surface area contributed by atoms with Gasteiger partial charge in [0.1, 0.15) is 5.82 Å². The van der Waals surface area contributed by atoms with Crippen LogP contribution in [-0.4, -0.2) is 72.8 Å². The molecule has 0 aliphatic carbocycles. The van der Waals surface area contributed by atoms with E-state index >= 15 is 0 Å². The van der Waals surface area contributed by atoms with E-state index in [4.69, 9.17) is 0 Å². The summed E-state index contributed by atoms with van der Waals surface area (Å²) in [5, 5.41) is 7.33. The molecule has 222 valence electrons. The van der Waals surface area contributed by atoms with Gasteiger partial charge in [-0.2, -0.15) is 13.2 Å². The van der Waals surface area contributed by atoms with Gasteiger partial charge in [0.15, 0.2) is 0 Å². The Kier molecular flexibility index (Phi) is 9.40. The monoisotopic (exact) mass is 559 g/mol. The van der Waals surface area contributed by atoms with Crippen LogP contribution >= 0.6 is 0 Å². The van der Waals surface area contributed by atoms with Gasteiger partial charge in [-0.1, -0.05) is 40.7 Å². The number of aromatic nitrogens is 1. The number of hydrogen-bond donors (Lipinski definition) is 2. The first-order valence-electron chi connectivity index (χ1n) is 14.8. The number of alkyl halides is 3. The van der Waals surface area contributed by atoms with Crippen molar-refractivity contribution in [3.63, 3.8) is 0 Å². The van der Waals surface area contributed by atoms with E-state index in [1.54, 1.807) is 0 Å². The number of nitrogens with zero attached hydrogens (tertiary/aromatic N) is 3. The van der Waals surface area contributed by atoms with Crippen molar-refractivity contribution in [1.82, 2.24) is 14.8 Å². The topological polar surface area (TPSA) is 43.4 Å². The van der Waals surface area contributed by atoms with Crippen molar-refractivity contribution in [3.8, 4) is 0 Å². The number of hydrogen-bond acceptors (Lipinski definition) is 5. The van der Waals surface area contributed by atoms with Crippen LogP contribution in [0.4, 0.5) is 24.7 Å². The van der Waals surface area contributed by atoms with Gasteiger partial charge in [0.05, 0.1) is 6.54 Å². The van der Waals surface area contributed by atoms with Gasteiger partial charge >= 0.3 is 6.18 Å². The van der Waals surface area contributed by atoms with E-state index in [1.165, 1.54) is 21.6 Å². The maximum atomic E-state index is 12.8. The van der Waals surface area contributed by atoms with Crippen LogP contribution in [0.15, 0.2) is 36.5 Å². The van der Waals surface area contributed by atoms with E-state index in [1.807, 2.05) is 6.20 Å². The molecule has 2 aliphatic heterocycles. The lowest BCUT2D eigenvalue weighted by Crippen LogP contribution is -2.43. The van der Waals surface area contributed by atoms with Gasteiger partial charge in [-0.25, -0.2) is 4.98 Å². The van der Waals surface area contributed by atoms with Crippen LogP contribution < -0.4 is 10.6 Å². The van der Waals surface area contributed by atoms with Gasteiger partial charge in [0.2, 0.25) is 0 Å². The molecule has 1 aromatic carbocycles. The third-order valence-electron chi connectivity index (χ3n) is 8.48. The predicted molar refractivity (Wildman–Crippen MR) is 159 cm³/mol. The smallest absolute Gasteiger partial charge is 0.382 e. The second kappa shape index (κ2) is 12.3. The third kappa shape index (κ3) is 8.84. The molecular weight excluding hydrogens is 511 g/mol.